The largest absolute Gasteiger partial charge is 0.507 e. The zero-order valence-corrected chi connectivity index (χ0v) is 19.3. The molecule has 0 bridgehead atoms. The van der Waals surface area contributed by atoms with Gasteiger partial charge in [0.15, 0.2) is 22.5 Å². The van der Waals surface area contributed by atoms with E-state index in [2.05, 4.69) is 27.0 Å². The molecule has 4 aromatic rings. The Morgan fingerprint density at radius 2 is 1.71 bits per heavy atom. The number of phenols is 2. The number of hydrogen-bond acceptors (Lipinski definition) is 8. The Kier molecular flexibility index (Phi) is 5.41. The van der Waals surface area contributed by atoms with Crippen LogP contribution in [0.2, 0.25) is 0 Å². The van der Waals surface area contributed by atoms with Gasteiger partial charge in [0.1, 0.15) is 22.6 Å². The zero-order valence-electron chi connectivity index (χ0n) is 19.3. The molecule has 9 nitrogen and oxygen atoms in total. The number of hydrogen-bond donors (Lipinski definition) is 3. The van der Waals surface area contributed by atoms with Gasteiger partial charge < -0.3 is 29.2 Å². The van der Waals surface area contributed by atoms with Gasteiger partial charge >= 0.3 is 0 Å². The lowest BCUT2D eigenvalue weighted by Gasteiger charge is -2.34. The average molecular weight is 463 g/mol. The third-order valence-corrected chi connectivity index (χ3v) is 6.20. The van der Waals surface area contributed by atoms with Crippen molar-refractivity contribution in [3.63, 3.8) is 0 Å². The number of H-pyrrole nitrogens is 1. The number of nitrogens with one attached hydrogen (secondary N) is 1. The number of likely N-dealkylation sites (N-methyl/N-ethyl adjacent to an activating group) is 1. The van der Waals surface area contributed by atoms with Crippen LogP contribution in [0.5, 0.6) is 23.0 Å². The minimum absolute atomic E-state index is 0.0388. The molecule has 34 heavy (non-hydrogen) atoms. The van der Waals surface area contributed by atoms with Gasteiger partial charge in [0, 0.05) is 49.6 Å². The summed E-state index contributed by atoms with van der Waals surface area (Å²) in [7, 11) is 2.12. The first-order chi connectivity index (χ1) is 16.3. The molecule has 2 aromatic heterocycles. The number of ether oxygens (including phenoxy) is 1. The summed E-state index contributed by atoms with van der Waals surface area (Å²) in [6, 6.07) is 10.2. The van der Waals surface area contributed by atoms with E-state index in [1.165, 1.54) is 6.07 Å². The SMILES string of the molecule is Cc1n[nH]c(C)c1Oc1c(O)cc(O)c2c(=O)cc(-c3ccc(N4CCN(C)CC4)cc3)oc12. The van der Waals surface area contributed by atoms with Crippen molar-refractivity contribution in [2.45, 2.75) is 13.8 Å². The summed E-state index contributed by atoms with van der Waals surface area (Å²) >= 11 is 0. The van der Waals surface area contributed by atoms with E-state index >= 15 is 0 Å². The van der Waals surface area contributed by atoms with Crippen molar-refractivity contribution >= 4 is 16.7 Å². The van der Waals surface area contributed by atoms with Gasteiger partial charge in [-0.15, -0.1) is 0 Å². The Morgan fingerprint density at radius 3 is 2.35 bits per heavy atom. The van der Waals surface area contributed by atoms with Crippen LogP contribution in [0.15, 0.2) is 45.6 Å². The molecule has 0 atom stereocenters. The maximum absolute atomic E-state index is 12.9. The van der Waals surface area contributed by atoms with Gasteiger partial charge in [0.25, 0.3) is 0 Å². The van der Waals surface area contributed by atoms with Gasteiger partial charge in [0.05, 0.1) is 5.69 Å². The number of phenolic OH excluding ortho intramolecular Hbond substituents is 2. The molecule has 1 fully saturated rings. The number of aryl methyl sites for hydroxylation is 2. The lowest BCUT2D eigenvalue weighted by atomic mass is 10.1. The molecular formula is C25H26N4O5. The first kappa shape index (κ1) is 21.8. The van der Waals surface area contributed by atoms with E-state index in [1.54, 1.807) is 13.8 Å². The topological polar surface area (TPSA) is 115 Å². The Bertz CT molecular complexity index is 1400. The number of nitrogens with zero attached hydrogens (tertiary/aromatic N) is 3. The summed E-state index contributed by atoms with van der Waals surface area (Å²) in [4.78, 5) is 17.6. The van der Waals surface area contributed by atoms with E-state index < -0.39 is 5.43 Å². The number of fused-ring (bicyclic) bond motifs is 1. The van der Waals surface area contributed by atoms with Crippen molar-refractivity contribution in [2.24, 2.45) is 0 Å². The van der Waals surface area contributed by atoms with E-state index in [4.69, 9.17) is 9.15 Å². The molecule has 0 amide bonds. The van der Waals surface area contributed by atoms with Crippen molar-refractivity contribution in [3.8, 4) is 34.3 Å². The standard InChI is InChI=1S/C25H26N4O5/c1-14-23(15(2)27-26-14)34-24-20(32)12-18(30)22-19(31)13-21(33-25(22)24)16-4-6-17(7-5-16)29-10-8-28(3)9-11-29/h4-7,12-13,30,32H,8-11H2,1-3H3,(H,26,27). The molecule has 0 unspecified atom stereocenters. The average Bonchev–Trinajstić information content (AvgIpc) is 3.13. The second kappa shape index (κ2) is 8.42. The number of aromatic amines is 1. The van der Waals surface area contributed by atoms with Gasteiger partial charge in [-0.3, -0.25) is 9.89 Å². The second-order valence-electron chi connectivity index (χ2n) is 8.63. The normalized spacial score (nSPS) is 14.6. The monoisotopic (exact) mass is 462 g/mol. The number of benzene rings is 2. The van der Waals surface area contributed by atoms with E-state index in [-0.39, 0.29) is 28.2 Å². The number of anilines is 1. The highest BCUT2D eigenvalue weighted by atomic mass is 16.5. The number of piperazine rings is 1. The molecule has 9 heteroatoms. The first-order valence-electron chi connectivity index (χ1n) is 11.1. The predicted molar refractivity (Wildman–Crippen MR) is 129 cm³/mol. The molecule has 1 saturated heterocycles. The Morgan fingerprint density at radius 1 is 1.00 bits per heavy atom. The third-order valence-electron chi connectivity index (χ3n) is 6.20. The van der Waals surface area contributed by atoms with Crippen molar-refractivity contribution in [1.29, 1.82) is 0 Å². The number of aromatic nitrogens is 2. The fraction of sp³-hybridized carbons (Fsp3) is 0.280. The van der Waals surface area contributed by atoms with Crippen LogP contribution in [0.1, 0.15) is 11.4 Å². The van der Waals surface area contributed by atoms with Crippen LogP contribution in [0.25, 0.3) is 22.3 Å². The van der Waals surface area contributed by atoms with E-state index in [0.29, 0.717) is 28.5 Å². The molecule has 0 radical (unpaired) electrons. The molecule has 0 aliphatic carbocycles. The summed E-state index contributed by atoms with van der Waals surface area (Å²) < 4.78 is 12.0. The van der Waals surface area contributed by atoms with Gasteiger partial charge in [0.2, 0.25) is 5.75 Å². The Labute approximate surface area is 195 Å². The minimum Gasteiger partial charge on any atom is -0.507 e. The molecule has 0 spiro atoms. The van der Waals surface area contributed by atoms with Crippen LogP contribution < -0.4 is 15.1 Å². The Balaban J connectivity index is 1.57. The van der Waals surface area contributed by atoms with Gasteiger partial charge in [-0.05, 0) is 45.2 Å². The van der Waals surface area contributed by atoms with Crippen LogP contribution in [0.3, 0.4) is 0 Å². The highest BCUT2D eigenvalue weighted by Crippen LogP contribution is 2.43. The van der Waals surface area contributed by atoms with Crippen LogP contribution in [-0.4, -0.2) is 58.5 Å². The van der Waals surface area contributed by atoms with E-state index in [1.807, 2.05) is 24.3 Å². The van der Waals surface area contributed by atoms with Gasteiger partial charge in [-0.1, -0.05) is 0 Å². The first-order valence-corrected chi connectivity index (χ1v) is 11.1. The second-order valence-corrected chi connectivity index (χ2v) is 8.63. The van der Waals surface area contributed by atoms with Crippen LogP contribution in [0, 0.1) is 13.8 Å². The quantitative estimate of drug-likeness (QED) is 0.420. The predicted octanol–water partition coefficient (Wildman–Crippen LogP) is 3.76. The third kappa shape index (κ3) is 3.84. The van der Waals surface area contributed by atoms with Gasteiger partial charge in [-0.2, -0.15) is 5.10 Å². The highest BCUT2D eigenvalue weighted by Gasteiger charge is 2.22. The molecule has 176 valence electrons. The fourth-order valence-electron chi connectivity index (χ4n) is 4.21. The number of aromatic hydroxyl groups is 2. The summed E-state index contributed by atoms with van der Waals surface area (Å²) in [6.45, 7) is 7.44. The molecule has 5 rings (SSSR count). The zero-order chi connectivity index (χ0) is 24.0. The highest BCUT2D eigenvalue weighted by molar-refractivity contribution is 5.92. The molecule has 1 aliphatic heterocycles. The van der Waals surface area contributed by atoms with Crippen LogP contribution in [-0.2, 0) is 0 Å². The molecular weight excluding hydrogens is 436 g/mol. The lowest BCUT2D eigenvalue weighted by Crippen LogP contribution is -2.44. The Hall–Kier alpha value is -3.98. The fourth-order valence-corrected chi connectivity index (χ4v) is 4.21. The summed E-state index contributed by atoms with van der Waals surface area (Å²) in [6.07, 6.45) is 0. The van der Waals surface area contributed by atoms with E-state index in [9.17, 15) is 15.0 Å². The smallest absolute Gasteiger partial charge is 0.212 e. The molecule has 2 aromatic carbocycles. The lowest BCUT2D eigenvalue weighted by molar-refractivity contribution is 0.313. The minimum atomic E-state index is -0.442. The maximum atomic E-state index is 12.9. The van der Waals surface area contributed by atoms with Crippen LogP contribution in [0.4, 0.5) is 5.69 Å². The van der Waals surface area contributed by atoms with Crippen molar-refractivity contribution in [3.05, 3.63) is 58.0 Å². The molecule has 0 saturated carbocycles. The van der Waals surface area contributed by atoms with Crippen molar-refractivity contribution < 1.29 is 19.4 Å². The van der Waals surface area contributed by atoms with Crippen molar-refractivity contribution in [1.82, 2.24) is 15.1 Å². The summed E-state index contributed by atoms with van der Waals surface area (Å²) in [5, 5.41) is 27.7. The molecule has 1 aliphatic rings. The number of rotatable bonds is 4. The molecule has 3 heterocycles. The molecule has 3 N–H and O–H groups in total. The van der Waals surface area contributed by atoms with Crippen molar-refractivity contribution in [2.75, 3.05) is 38.1 Å². The summed E-state index contributed by atoms with van der Waals surface area (Å²) in [5.41, 5.74) is 2.55. The maximum Gasteiger partial charge on any atom is 0.212 e. The van der Waals surface area contributed by atoms with E-state index in [0.717, 1.165) is 37.9 Å². The van der Waals surface area contributed by atoms with Crippen LogP contribution >= 0.6 is 0 Å². The van der Waals surface area contributed by atoms with Gasteiger partial charge in [-0.25, -0.2) is 0 Å². The summed E-state index contributed by atoms with van der Waals surface area (Å²) in [5.74, 6) is -0.0832.